The third-order valence-electron chi connectivity index (χ3n) is 5.61. The zero-order chi connectivity index (χ0) is 18.1. The molecule has 2 bridgehead atoms. The van der Waals surface area contributed by atoms with E-state index in [2.05, 4.69) is 36.6 Å². The molecule has 0 radical (unpaired) electrons. The molecule has 0 unspecified atom stereocenters. The SMILES string of the molecule is CCOC(=O)[C@@H]1C2CCC(CC2)[C@H]1Nc1cc(-c2ccsc2)nc(Br)n1. The molecule has 7 heteroatoms. The Morgan fingerprint density at radius 2 is 2.08 bits per heavy atom. The highest BCUT2D eigenvalue weighted by atomic mass is 79.9. The summed E-state index contributed by atoms with van der Waals surface area (Å²) in [4.78, 5) is 21.6. The van der Waals surface area contributed by atoms with Crippen molar-refractivity contribution in [1.82, 2.24) is 9.97 Å². The van der Waals surface area contributed by atoms with Crippen molar-refractivity contribution in [1.29, 1.82) is 0 Å². The van der Waals surface area contributed by atoms with Gasteiger partial charge in [-0.15, -0.1) is 0 Å². The monoisotopic (exact) mass is 435 g/mol. The Bertz CT molecular complexity index is 775. The molecule has 0 spiro atoms. The predicted molar refractivity (Wildman–Crippen MR) is 106 cm³/mol. The molecule has 0 aromatic carbocycles. The first-order valence-corrected chi connectivity index (χ1v) is 10.9. The van der Waals surface area contributed by atoms with Gasteiger partial charge in [0.05, 0.1) is 18.2 Å². The lowest BCUT2D eigenvalue weighted by molar-refractivity contribution is -0.154. The minimum atomic E-state index is -0.0826. The number of anilines is 1. The molecule has 5 rings (SSSR count). The molecule has 138 valence electrons. The summed E-state index contributed by atoms with van der Waals surface area (Å²) in [6.45, 7) is 2.30. The maximum atomic E-state index is 12.6. The second-order valence-electron chi connectivity index (χ2n) is 7.04. The van der Waals surface area contributed by atoms with Gasteiger partial charge in [0.2, 0.25) is 0 Å². The highest BCUT2D eigenvalue weighted by Gasteiger charge is 2.48. The first-order chi connectivity index (χ1) is 12.7. The van der Waals surface area contributed by atoms with Crippen molar-refractivity contribution in [3.05, 3.63) is 27.6 Å². The number of nitrogens with zero attached hydrogens (tertiary/aromatic N) is 2. The first-order valence-electron chi connectivity index (χ1n) is 9.16. The van der Waals surface area contributed by atoms with E-state index in [-0.39, 0.29) is 17.9 Å². The number of halogens is 1. The fraction of sp³-hybridized carbons (Fsp3) is 0.526. The third-order valence-corrected chi connectivity index (χ3v) is 6.65. The second kappa shape index (κ2) is 7.64. The van der Waals surface area contributed by atoms with Gasteiger partial charge in [0.25, 0.3) is 0 Å². The van der Waals surface area contributed by atoms with E-state index in [1.165, 1.54) is 12.8 Å². The molecule has 0 saturated heterocycles. The third kappa shape index (κ3) is 3.51. The van der Waals surface area contributed by atoms with Gasteiger partial charge in [0.15, 0.2) is 4.73 Å². The Kier molecular flexibility index (Phi) is 5.27. The van der Waals surface area contributed by atoms with Crippen molar-refractivity contribution in [3.63, 3.8) is 0 Å². The van der Waals surface area contributed by atoms with Gasteiger partial charge in [-0.3, -0.25) is 4.79 Å². The number of carbonyl (C=O) groups excluding carboxylic acids is 1. The number of rotatable bonds is 5. The number of carbonyl (C=O) groups is 1. The number of esters is 1. The van der Waals surface area contributed by atoms with E-state index >= 15 is 0 Å². The molecule has 0 amide bonds. The van der Waals surface area contributed by atoms with Gasteiger partial charge in [-0.25, -0.2) is 9.97 Å². The van der Waals surface area contributed by atoms with E-state index in [4.69, 9.17) is 4.74 Å². The largest absolute Gasteiger partial charge is 0.466 e. The molecule has 3 fully saturated rings. The number of nitrogens with one attached hydrogen (secondary N) is 1. The summed E-state index contributed by atoms with van der Waals surface area (Å²) in [5.74, 6) is 1.53. The molecular formula is C19H22BrN3O2S. The summed E-state index contributed by atoms with van der Waals surface area (Å²) in [5.41, 5.74) is 1.96. The fourth-order valence-corrected chi connectivity index (χ4v) is 5.49. The van der Waals surface area contributed by atoms with Gasteiger partial charge in [-0.05, 0) is 71.8 Å². The summed E-state index contributed by atoms with van der Waals surface area (Å²) < 4.78 is 5.94. The Hall–Kier alpha value is -1.47. The topological polar surface area (TPSA) is 64.1 Å². The lowest BCUT2D eigenvalue weighted by atomic mass is 9.61. The molecule has 2 aromatic rings. The summed E-state index contributed by atoms with van der Waals surface area (Å²) >= 11 is 5.07. The van der Waals surface area contributed by atoms with E-state index in [9.17, 15) is 4.79 Å². The average molecular weight is 436 g/mol. The van der Waals surface area contributed by atoms with Crippen LogP contribution in [-0.4, -0.2) is 28.6 Å². The van der Waals surface area contributed by atoms with Crippen molar-refractivity contribution in [3.8, 4) is 11.3 Å². The zero-order valence-corrected chi connectivity index (χ0v) is 17.1. The molecule has 5 nitrogen and oxygen atoms in total. The molecule has 2 aromatic heterocycles. The number of thiophene rings is 1. The van der Waals surface area contributed by atoms with Gasteiger partial charge in [0.1, 0.15) is 5.82 Å². The van der Waals surface area contributed by atoms with Crippen molar-refractivity contribution >= 4 is 39.1 Å². The van der Waals surface area contributed by atoms with Gasteiger partial charge in [-0.2, -0.15) is 11.3 Å². The van der Waals surface area contributed by atoms with Crippen molar-refractivity contribution < 1.29 is 9.53 Å². The van der Waals surface area contributed by atoms with Gasteiger partial charge in [-0.1, -0.05) is 0 Å². The smallest absolute Gasteiger partial charge is 0.311 e. The van der Waals surface area contributed by atoms with Gasteiger partial charge >= 0.3 is 5.97 Å². The molecule has 3 aliphatic rings. The molecule has 2 heterocycles. The first kappa shape index (κ1) is 17.9. The summed E-state index contributed by atoms with van der Waals surface area (Å²) in [6, 6.07) is 4.10. The van der Waals surface area contributed by atoms with Crippen molar-refractivity contribution in [2.45, 2.75) is 38.6 Å². The van der Waals surface area contributed by atoms with Crippen LogP contribution in [0, 0.1) is 17.8 Å². The quantitative estimate of drug-likeness (QED) is 0.542. The van der Waals surface area contributed by atoms with Crippen LogP contribution in [0.5, 0.6) is 0 Å². The Morgan fingerprint density at radius 1 is 1.31 bits per heavy atom. The number of ether oxygens (including phenoxy) is 1. The van der Waals surface area contributed by atoms with Crippen LogP contribution in [0.2, 0.25) is 0 Å². The van der Waals surface area contributed by atoms with Crippen LogP contribution in [0.15, 0.2) is 27.6 Å². The van der Waals surface area contributed by atoms with Crippen LogP contribution in [-0.2, 0) is 9.53 Å². The van der Waals surface area contributed by atoms with E-state index < -0.39 is 0 Å². The van der Waals surface area contributed by atoms with Gasteiger partial charge < -0.3 is 10.1 Å². The summed E-state index contributed by atoms with van der Waals surface area (Å²) in [5, 5.41) is 7.68. The second-order valence-corrected chi connectivity index (χ2v) is 8.53. The highest BCUT2D eigenvalue weighted by molar-refractivity contribution is 9.10. The standard InChI is InChI=1S/C19H22BrN3O2S/c1-2-25-18(24)16-11-3-5-12(6-4-11)17(16)22-15-9-14(21-19(20)23-15)13-7-8-26-10-13/h7-12,16-17H,2-6H2,1H3,(H,21,22,23)/t11?,12?,16-,17-/m1/s1. The molecule has 3 saturated carbocycles. The number of fused-ring (bicyclic) bond motifs is 3. The molecule has 1 N–H and O–H groups in total. The summed E-state index contributed by atoms with van der Waals surface area (Å²) in [7, 11) is 0. The molecular weight excluding hydrogens is 414 g/mol. The Morgan fingerprint density at radius 3 is 2.77 bits per heavy atom. The van der Waals surface area contributed by atoms with Crippen LogP contribution in [0.3, 0.4) is 0 Å². The van der Waals surface area contributed by atoms with Crippen molar-refractivity contribution in [2.24, 2.45) is 17.8 Å². The summed E-state index contributed by atoms with van der Waals surface area (Å²) in [6.07, 6.45) is 4.59. The zero-order valence-electron chi connectivity index (χ0n) is 14.7. The maximum absolute atomic E-state index is 12.6. The molecule has 2 atom stereocenters. The fourth-order valence-electron chi connectivity index (χ4n) is 4.46. The van der Waals surface area contributed by atoms with E-state index in [0.717, 1.165) is 29.9 Å². The molecule has 0 aliphatic heterocycles. The van der Waals surface area contributed by atoms with E-state index in [1.54, 1.807) is 11.3 Å². The normalized spacial score (nSPS) is 27.3. The predicted octanol–water partition coefficient (Wildman–Crippen LogP) is 4.75. The highest BCUT2D eigenvalue weighted by Crippen LogP contribution is 2.46. The van der Waals surface area contributed by atoms with E-state index in [1.807, 2.05) is 24.4 Å². The van der Waals surface area contributed by atoms with Crippen LogP contribution >= 0.6 is 27.3 Å². The minimum absolute atomic E-state index is 0.0643. The lowest BCUT2D eigenvalue weighted by Gasteiger charge is -2.47. The Balaban J connectivity index is 1.61. The minimum Gasteiger partial charge on any atom is -0.466 e. The van der Waals surface area contributed by atoms with Crippen molar-refractivity contribution in [2.75, 3.05) is 11.9 Å². The van der Waals surface area contributed by atoms with Crippen LogP contribution in [0.25, 0.3) is 11.3 Å². The molecule has 26 heavy (non-hydrogen) atoms. The number of aromatic nitrogens is 2. The van der Waals surface area contributed by atoms with Crippen LogP contribution in [0.4, 0.5) is 5.82 Å². The maximum Gasteiger partial charge on any atom is 0.311 e. The van der Waals surface area contributed by atoms with Crippen LogP contribution < -0.4 is 5.32 Å². The number of hydrogen-bond acceptors (Lipinski definition) is 6. The van der Waals surface area contributed by atoms with Gasteiger partial charge in [0, 0.05) is 23.1 Å². The van der Waals surface area contributed by atoms with E-state index in [0.29, 0.717) is 23.2 Å². The van der Waals surface area contributed by atoms with Crippen LogP contribution in [0.1, 0.15) is 32.6 Å². The average Bonchev–Trinajstić information content (AvgIpc) is 3.17. The lowest BCUT2D eigenvalue weighted by Crippen LogP contribution is -2.52. The Labute approximate surface area is 165 Å². The number of hydrogen-bond donors (Lipinski definition) is 1. The molecule has 3 aliphatic carbocycles.